The van der Waals surface area contributed by atoms with Crippen molar-refractivity contribution in [2.24, 2.45) is 0 Å². The lowest BCUT2D eigenvalue weighted by Crippen LogP contribution is -2.37. The van der Waals surface area contributed by atoms with Crippen LogP contribution in [0.5, 0.6) is 11.5 Å². The maximum Gasteiger partial charge on any atom is 0.168 e. The van der Waals surface area contributed by atoms with Gasteiger partial charge in [-0.2, -0.15) is 0 Å². The summed E-state index contributed by atoms with van der Waals surface area (Å²) in [4.78, 5) is 2.04. The lowest BCUT2D eigenvalue weighted by Gasteiger charge is -2.23. The molecular formula is C20H26N2O2S. The number of hydrogen-bond donors (Lipinski definition) is 1. The fourth-order valence-electron chi connectivity index (χ4n) is 2.61. The monoisotopic (exact) mass is 358 g/mol. The van der Waals surface area contributed by atoms with Crippen molar-refractivity contribution in [2.75, 3.05) is 27.8 Å². The molecule has 2 aromatic carbocycles. The van der Waals surface area contributed by atoms with Crippen molar-refractivity contribution in [1.82, 2.24) is 10.2 Å². The van der Waals surface area contributed by atoms with Crippen LogP contribution >= 0.6 is 12.2 Å². The normalized spacial score (nSPS) is 10.2. The van der Waals surface area contributed by atoms with Crippen molar-refractivity contribution in [2.45, 2.75) is 19.9 Å². The van der Waals surface area contributed by atoms with E-state index in [2.05, 4.69) is 36.5 Å². The molecule has 0 aliphatic heterocycles. The highest BCUT2D eigenvalue weighted by Crippen LogP contribution is 2.30. The zero-order valence-corrected chi connectivity index (χ0v) is 16.2. The van der Waals surface area contributed by atoms with Crippen molar-refractivity contribution in [3.8, 4) is 11.5 Å². The minimum Gasteiger partial charge on any atom is -0.493 e. The van der Waals surface area contributed by atoms with E-state index in [0.717, 1.165) is 40.7 Å². The Labute approximate surface area is 155 Å². The lowest BCUT2D eigenvalue weighted by molar-refractivity contribution is 0.353. The van der Waals surface area contributed by atoms with Gasteiger partial charge in [0.25, 0.3) is 0 Å². The van der Waals surface area contributed by atoms with Crippen LogP contribution in [-0.2, 0) is 13.0 Å². The van der Waals surface area contributed by atoms with E-state index in [4.69, 9.17) is 21.7 Å². The third-order valence-electron chi connectivity index (χ3n) is 4.13. The number of benzene rings is 2. The van der Waals surface area contributed by atoms with Gasteiger partial charge in [-0.05, 0) is 54.4 Å². The van der Waals surface area contributed by atoms with Gasteiger partial charge >= 0.3 is 0 Å². The van der Waals surface area contributed by atoms with E-state index in [0.29, 0.717) is 6.54 Å². The molecule has 0 heterocycles. The molecule has 0 unspecified atom stereocenters. The second-order valence-electron chi connectivity index (χ2n) is 5.96. The van der Waals surface area contributed by atoms with Crippen molar-refractivity contribution >= 4 is 17.3 Å². The molecule has 0 fully saturated rings. The standard InChI is InChI=1S/C20H26N2O2S/c1-15-12-18(23-3)19(24-4)13-17(15)14-22(2)20(25)21-11-10-16-8-6-5-7-9-16/h5-9,12-13H,10-11,14H2,1-4H3,(H,21,25). The molecule has 0 spiro atoms. The molecule has 0 aliphatic rings. The summed E-state index contributed by atoms with van der Waals surface area (Å²) in [6, 6.07) is 14.4. The van der Waals surface area contributed by atoms with E-state index in [1.54, 1.807) is 14.2 Å². The second-order valence-corrected chi connectivity index (χ2v) is 6.34. The smallest absolute Gasteiger partial charge is 0.168 e. The first-order chi connectivity index (χ1) is 12.0. The molecular weight excluding hydrogens is 332 g/mol. The fraction of sp³-hybridized carbons (Fsp3) is 0.350. The van der Waals surface area contributed by atoms with Gasteiger partial charge in [-0.1, -0.05) is 30.3 Å². The first-order valence-corrected chi connectivity index (χ1v) is 8.70. The van der Waals surface area contributed by atoms with Gasteiger partial charge < -0.3 is 19.7 Å². The van der Waals surface area contributed by atoms with Gasteiger partial charge in [-0.3, -0.25) is 0 Å². The van der Waals surface area contributed by atoms with Crippen LogP contribution in [0.3, 0.4) is 0 Å². The molecule has 0 atom stereocenters. The molecule has 0 saturated heterocycles. The van der Waals surface area contributed by atoms with Crippen molar-refractivity contribution < 1.29 is 9.47 Å². The summed E-state index contributed by atoms with van der Waals surface area (Å²) < 4.78 is 10.7. The molecule has 1 N–H and O–H groups in total. The number of nitrogens with one attached hydrogen (secondary N) is 1. The Morgan fingerprint density at radius 2 is 1.72 bits per heavy atom. The van der Waals surface area contributed by atoms with Gasteiger partial charge in [-0.15, -0.1) is 0 Å². The van der Waals surface area contributed by atoms with Gasteiger partial charge in [0.1, 0.15) is 0 Å². The van der Waals surface area contributed by atoms with Crippen LogP contribution in [0.2, 0.25) is 0 Å². The summed E-state index contributed by atoms with van der Waals surface area (Å²) in [7, 11) is 5.29. The Kier molecular flexibility index (Phi) is 7.07. The number of aryl methyl sites for hydroxylation is 1. The predicted molar refractivity (Wildman–Crippen MR) is 106 cm³/mol. The van der Waals surface area contributed by atoms with E-state index in [-0.39, 0.29) is 0 Å². The molecule has 2 aromatic rings. The summed E-state index contributed by atoms with van der Waals surface area (Å²) >= 11 is 5.50. The molecule has 0 aromatic heterocycles. The SMILES string of the molecule is COc1cc(C)c(CN(C)C(=S)NCCc2ccccc2)cc1OC. The van der Waals surface area contributed by atoms with Crippen molar-refractivity contribution in [3.63, 3.8) is 0 Å². The third-order valence-corrected chi connectivity index (χ3v) is 4.59. The zero-order valence-electron chi connectivity index (χ0n) is 15.3. The van der Waals surface area contributed by atoms with Crippen LogP contribution in [0.1, 0.15) is 16.7 Å². The predicted octanol–water partition coefficient (Wildman–Crippen LogP) is 3.56. The Hall–Kier alpha value is -2.27. The Bertz CT molecular complexity index is 704. The van der Waals surface area contributed by atoms with Gasteiger partial charge in [0.05, 0.1) is 14.2 Å². The van der Waals surface area contributed by atoms with Gasteiger partial charge in [0, 0.05) is 20.1 Å². The minimum atomic E-state index is 0.712. The number of nitrogens with zero attached hydrogens (tertiary/aromatic N) is 1. The maximum absolute atomic E-state index is 5.50. The van der Waals surface area contributed by atoms with E-state index in [9.17, 15) is 0 Å². The van der Waals surface area contributed by atoms with Crippen LogP contribution in [-0.4, -0.2) is 37.8 Å². The average Bonchev–Trinajstić information content (AvgIpc) is 2.63. The highest BCUT2D eigenvalue weighted by molar-refractivity contribution is 7.80. The zero-order chi connectivity index (χ0) is 18.2. The average molecular weight is 359 g/mol. The highest BCUT2D eigenvalue weighted by Gasteiger charge is 2.11. The van der Waals surface area contributed by atoms with Crippen molar-refractivity contribution in [3.05, 3.63) is 59.2 Å². The van der Waals surface area contributed by atoms with Crippen molar-refractivity contribution in [1.29, 1.82) is 0 Å². The van der Waals surface area contributed by atoms with E-state index >= 15 is 0 Å². The van der Waals surface area contributed by atoms with E-state index in [1.165, 1.54) is 5.56 Å². The van der Waals surface area contributed by atoms with Crippen LogP contribution in [0.4, 0.5) is 0 Å². The molecule has 2 rings (SSSR count). The molecule has 4 nitrogen and oxygen atoms in total. The summed E-state index contributed by atoms with van der Waals surface area (Å²) in [5.41, 5.74) is 3.61. The van der Waals surface area contributed by atoms with E-state index < -0.39 is 0 Å². The van der Waals surface area contributed by atoms with Gasteiger partial charge in [-0.25, -0.2) is 0 Å². The minimum absolute atomic E-state index is 0.712. The molecule has 5 heteroatoms. The first kappa shape index (κ1) is 19.1. The Balaban J connectivity index is 1.92. The molecule has 0 radical (unpaired) electrons. The fourth-order valence-corrected chi connectivity index (χ4v) is 2.78. The molecule has 0 saturated carbocycles. The Morgan fingerprint density at radius 1 is 1.08 bits per heavy atom. The number of thiocarbonyl (C=S) groups is 1. The third kappa shape index (κ3) is 5.36. The number of hydrogen-bond acceptors (Lipinski definition) is 3. The summed E-state index contributed by atoms with van der Waals surface area (Å²) in [6.45, 7) is 3.60. The van der Waals surface area contributed by atoms with Crippen LogP contribution in [0, 0.1) is 6.92 Å². The number of rotatable bonds is 7. The number of ether oxygens (including phenoxy) is 2. The summed E-state index contributed by atoms with van der Waals surface area (Å²) in [5.74, 6) is 1.48. The van der Waals surface area contributed by atoms with E-state index in [1.807, 2.05) is 30.1 Å². The van der Waals surface area contributed by atoms with Crippen LogP contribution < -0.4 is 14.8 Å². The first-order valence-electron chi connectivity index (χ1n) is 8.29. The molecule has 25 heavy (non-hydrogen) atoms. The lowest BCUT2D eigenvalue weighted by atomic mass is 10.1. The molecule has 0 amide bonds. The molecule has 0 aliphatic carbocycles. The van der Waals surface area contributed by atoms with Crippen LogP contribution in [0.25, 0.3) is 0 Å². The topological polar surface area (TPSA) is 33.7 Å². The highest BCUT2D eigenvalue weighted by atomic mass is 32.1. The molecule has 0 bridgehead atoms. The van der Waals surface area contributed by atoms with Gasteiger partial charge in [0.15, 0.2) is 16.6 Å². The largest absolute Gasteiger partial charge is 0.493 e. The quantitative estimate of drug-likeness (QED) is 0.766. The maximum atomic E-state index is 5.50. The Morgan fingerprint density at radius 3 is 2.36 bits per heavy atom. The molecule has 134 valence electrons. The summed E-state index contributed by atoms with van der Waals surface area (Å²) in [6.07, 6.45) is 0.949. The number of methoxy groups -OCH3 is 2. The summed E-state index contributed by atoms with van der Waals surface area (Å²) in [5, 5.41) is 4.06. The second kappa shape index (κ2) is 9.28. The van der Waals surface area contributed by atoms with Crippen LogP contribution in [0.15, 0.2) is 42.5 Å². The van der Waals surface area contributed by atoms with Gasteiger partial charge in [0.2, 0.25) is 0 Å².